The molecule has 8 atom stereocenters. The molecule has 12 heteroatoms. The maximum absolute atomic E-state index is 14.5. The maximum Gasteiger partial charge on any atom is 0.329 e. The number of rotatable bonds is 10. The van der Waals surface area contributed by atoms with Crippen molar-refractivity contribution in [1.82, 2.24) is 20.0 Å². The molecule has 2 fully saturated rings. The molecule has 12 nitrogen and oxygen atoms in total. The Balaban J connectivity index is 2.18. The Kier molecular flexibility index (Phi) is 16.3. The molecule has 0 aromatic heterocycles. The number of amides is 4. The summed E-state index contributed by atoms with van der Waals surface area (Å²) < 4.78 is 12.3. The number of carbonyl (C=O) groups excluding carboxylic acids is 6. The monoisotopic (exact) mass is 740 g/mol. The number of carbonyl (C=O) groups is 6. The maximum atomic E-state index is 14.5. The van der Waals surface area contributed by atoms with Gasteiger partial charge in [0.25, 0.3) is 5.91 Å². The number of nitrogens with one attached hydrogen (secondary N) is 1. The minimum Gasteiger partial charge on any atom is -0.460 e. The van der Waals surface area contributed by atoms with Crippen molar-refractivity contribution in [2.45, 2.75) is 143 Å². The molecule has 2 aliphatic rings. The third kappa shape index (κ3) is 10.8. The zero-order valence-electron chi connectivity index (χ0n) is 33.6. The van der Waals surface area contributed by atoms with Gasteiger partial charge in [0.15, 0.2) is 6.10 Å². The number of benzene rings is 1. The van der Waals surface area contributed by atoms with Gasteiger partial charge in [-0.25, -0.2) is 9.59 Å². The normalized spacial score (nSPS) is 27.9. The van der Waals surface area contributed by atoms with E-state index in [0.29, 0.717) is 32.1 Å². The fraction of sp³-hybridized carbons (Fsp3) is 0.707. The number of fused-ring (bicyclic) bond motifs is 1. The van der Waals surface area contributed by atoms with Crippen LogP contribution in [-0.4, -0.2) is 107 Å². The molecule has 0 radical (unpaired) electrons. The van der Waals surface area contributed by atoms with E-state index >= 15 is 0 Å². The number of nitrogens with zero attached hydrogens (tertiary/aromatic N) is 3. The van der Waals surface area contributed by atoms with Crippen LogP contribution in [0.5, 0.6) is 0 Å². The van der Waals surface area contributed by atoms with Crippen molar-refractivity contribution in [1.29, 1.82) is 0 Å². The highest BCUT2D eigenvalue weighted by atomic mass is 16.6. The van der Waals surface area contributed by atoms with Gasteiger partial charge in [-0.1, -0.05) is 105 Å². The van der Waals surface area contributed by atoms with Crippen molar-refractivity contribution in [2.24, 2.45) is 23.7 Å². The zero-order chi connectivity index (χ0) is 39.6. The molecule has 3 rings (SSSR count). The van der Waals surface area contributed by atoms with Gasteiger partial charge in [0.1, 0.15) is 30.3 Å². The summed E-state index contributed by atoms with van der Waals surface area (Å²) in [4.78, 5) is 89.5. The van der Waals surface area contributed by atoms with Crippen LogP contribution in [0, 0.1) is 23.7 Å². The SMILES string of the molecule is CCCCCC1OC(=O)C(C(C)C)N(C)C(=O)C2CCCN2C(=O)C(Cc2ccccc2)OC(=O)C(C(C)CC)N(C)C(=O)C(C(C)C)NC(=O)C1C. The Morgan fingerprint density at radius 2 is 1.42 bits per heavy atom. The third-order valence-corrected chi connectivity index (χ3v) is 11.0. The van der Waals surface area contributed by atoms with E-state index in [1.165, 1.54) is 21.7 Å². The van der Waals surface area contributed by atoms with E-state index in [2.05, 4.69) is 12.2 Å². The molecule has 1 aromatic carbocycles. The second kappa shape index (κ2) is 19.9. The first-order valence-corrected chi connectivity index (χ1v) is 19.6. The molecule has 53 heavy (non-hydrogen) atoms. The smallest absolute Gasteiger partial charge is 0.329 e. The summed E-state index contributed by atoms with van der Waals surface area (Å²) in [5.41, 5.74) is 0.758. The highest BCUT2D eigenvalue weighted by Crippen LogP contribution is 2.27. The third-order valence-electron chi connectivity index (χ3n) is 11.0. The first-order valence-electron chi connectivity index (χ1n) is 19.6. The van der Waals surface area contributed by atoms with Crippen molar-refractivity contribution in [2.75, 3.05) is 20.6 Å². The summed E-state index contributed by atoms with van der Waals surface area (Å²) in [5.74, 6) is -5.10. The van der Waals surface area contributed by atoms with Crippen LogP contribution in [-0.2, 0) is 44.7 Å². The minimum absolute atomic E-state index is 0.0620. The van der Waals surface area contributed by atoms with E-state index < -0.39 is 77.9 Å². The zero-order valence-corrected chi connectivity index (χ0v) is 33.6. The van der Waals surface area contributed by atoms with Crippen LogP contribution in [0.15, 0.2) is 30.3 Å². The first-order chi connectivity index (χ1) is 25.0. The quantitative estimate of drug-likeness (QED) is 0.267. The van der Waals surface area contributed by atoms with E-state index in [9.17, 15) is 28.8 Å². The molecule has 2 heterocycles. The molecular formula is C41H64N4O8. The van der Waals surface area contributed by atoms with E-state index in [1.807, 2.05) is 71.9 Å². The summed E-state index contributed by atoms with van der Waals surface area (Å²) >= 11 is 0. The summed E-state index contributed by atoms with van der Waals surface area (Å²) in [6.45, 7) is 15.0. The lowest BCUT2D eigenvalue weighted by Crippen LogP contribution is -2.58. The fourth-order valence-corrected chi connectivity index (χ4v) is 7.48. The van der Waals surface area contributed by atoms with Crippen LogP contribution in [0.25, 0.3) is 0 Å². The Morgan fingerprint density at radius 3 is 2.00 bits per heavy atom. The Hall–Kier alpha value is -3.96. The van der Waals surface area contributed by atoms with Gasteiger partial charge >= 0.3 is 11.9 Å². The minimum atomic E-state index is -1.28. The van der Waals surface area contributed by atoms with Crippen LogP contribution < -0.4 is 5.32 Å². The number of unbranched alkanes of at least 4 members (excludes halogenated alkanes) is 2. The molecule has 0 spiro atoms. The average molecular weight is 741 g/mol. The van der Waals surface area contributed by atoms with Gasteiger partial charge in [0.2, 0.25) is 17.7 Å². The Bertz CT molecular complexity index is 1420. The van der Waals surface area contributed by atoms with Crippen molar-refractivity contribution in [3.8, 4) is 0 Å². The number of hydrogen-bond donors (Lipinski definition) is 1. The topological polar surface area (TPSA) is 143 Å². The van der Waals surface area contributed by atoms with E-state index in [-0.39, 0.29) is 30.7 Å². The summed E-state index contributed by atoms with van der Waals surface area (Å²) in [5, 5.41) is 2.91. The number of cyclic esters (lactones) is 2. The number of hydrogen-bond acceptors (Lipinski definition) is 8. The van der Waals surface area contributed by atoms with E-state index in [4.69, 9.17) is 9.47 Å². The van der Waals surface area contributed by atoms with Gasteiger partial charge in [0, 0.05) is 27.1 Å². The van der Waals surface area contributed by atoms with E-state index in [0.717, 1.165) is 18.4 Å². The molecule has 0 saturated carbocycles. The number of likely N-dealkylation sites (N-methyl/N-ethyl adjacent to an activating group) is 2. The molecule has 0 bridgehead atoms. The standard InChI is InChI=1S/C41H64N4O8/c1-11-13-15-22-31-28(8)36(46)42-33(25(3)4)39(49)44(10)35(27(7)12-2)41(51)53-32(24-29-19-16-14-17-20-29)38(48)45-23-18-21-30(45)37(47)43(9)34(26(5)6)40(50)52-31/h14,16-17,19-20,25-28,30-35H,11-13,15,18,21-24H2,1-10H3,(H,42,46). The first kappa shape index (κ1) is 43.4. The van der Waals surface area contributed by atoms with Crippen molar-refractivity contribution in [3.05, 3.63) is 35.9 Å². The van der Waals surface area contributed by atoms with Crippen LogP contribution in [0.4, 0.5) is 0 Å². The second-order valence-electron chi connectivity index (χ2n) is 15.7. The lowest BCUT2D eigenvalue weighted by molar-refractivity contribution is -0.170. The van der Waals surface area contributed by atoms with Gasteiger partial charge in [-0.15, -0.1) is 0 Å². The largest absolute Gasteiger partial charge is 0.460 e. The molecule has 0 aliphatic carbocycles. The number of esters is 2. The fourth-order valence-electron chi connectivity index (χ4n) is 7.48. The van der Waals surface area contributed by atoms with Crippen LogP contribution >= 0.6 is 0 Å². The summed E-state index contributed by atoms with van der Waals surface area (Å²) in [6.07, 6.45) is 2.35. The lowest BCUT2D eigenvalue weighted by atomic mass is 9.94. The molecule has 296 valence electrons. The second-order valence-corrected chi connectivity index (χ2v) is 15.7. The molecule has 2 saturated heterocycles. The van der Waals surface area contributed by atoms with E-state index in [1.54, 1.807) is 14.0 Å². The molecule has 8 unspecified atom stereocenters. The van der Waals surface area contributed by atoms with Crippen LogP contribution in [0.1, 0.15) is 106 Å². The van der Waals surface area contributed by atoms with Crippen LogP contribution in [0.3, 0.4) is 0 Å². The molecular weight excluding hydrogens is 676 g/mol. The predicted molar refractivity (Wildman–Crippen MR) is 202 cm³/mol. The predicted octanol–water partition coefficient (Wildman–Crippen LogP) is 4.77. The molecule has 1 N–H and O–H groups in total. The summed E-state index contributed by atoms with van der Waals surface area (Å²) in [6, 6.07) is 5.25. The van der Waals surface area contributed by atoms with Gasteiger partial charge in [0.05, 0.1) is 5.92 Å². The van der Waals surface area contributed by atoms with Crippen LogP contribution in [0.2, 0.25) is 0 Å². The molecule has 2 aliphatic heterocycles. The number of ether oxygens (including phenoxy) is 2. The van der Waals surface area contributed by atoms with Crippen molar-refractivity contribution >= 4 is 35.6 Å². The van der Waals surface area contributed by atoms with Gasteiger partial charge < -0.3 is 29.5 Å². The van der Waals surface area contributed by atoms with Gasteiger partial charge in [-0.05, 0) is 49.0 Å². The Morgan fingerprint density at radius 1 is 0.792 bits per heavy atom. The molecule has 4 amide bonds. The van der Waals surface area contributed by atoms with Crippen molar-refractivity contribution in [3.63, 3.8) is 0 Å². The van der Waals surface area contributed by atoms with Gasteiger partial charge in [-0.2, -0.15) is 0 Å². The van der Waals surface area contributed by atoms with Crippen molar-refractivity contribution < 1.29 is 38.2 Å². The lowest BCUT2D eigenvalue weighted by Gasteiger charge is -2.36. The molecule has 1 aromatic rings. The van der Waals surface area contributed by atoms with Gasteiger partial charge in [-0.3, -0.25) is 19.2 Å². The highest BCUT2D eigenvalue weighted by molar-refractivity contribution is 5.95. The highest BCUT2D eigenvalue weighted by Gasteiger charge is 2.45. The summed E-state index contributed by atoms with van der Waals surface area (Å²) in [7, 11) is 3.07. The Labute approximate surface area is 316 Å². The average Bonchev–Trinajstić information content (AvgIpc) is 3.61.